The predicted octanol–water partition coefficient (Wildman–Crippen LogP) is 5.41. The number of aromatic nitrogens is 1. The molecule has 0 aliphatic heterocycles. The summed E-state index contributed by atoms with van der Waals surface area (Å²) in [6.45, 7) is 2.46. The molecule has 5 rings (SSSR count). The number of aliphatic hydroxyl groups excluding tert-OH is 1. The van der Waals surface area contributed by atoms with E-state index in [0.717, 1.165) is 39.5 Å². The fourth-order valence-corrected chi connectivity index (χ4v) is 5.11. The molecule has 2 aromatic heterocycles. The standard InChI is InChI=1S/C29H27FN4O2S/c1-18(31-12-10-19-2-6-23(30)7-3-19)33-24-8-4-20-14-27(35)28(25(20)15-24)34-29(36)21-5-9-26(32-16-21)22-11-13-37-17-22/h2-9,11,13,15-17,27-28,35H,10,12,14H2,1H3,(H,31,33)(H,34,36)/t27-,28-/m1/s1. The number of carbonyl (C=O) groups is 1. The second-order valence-electron chi connectivity index (χ2n) is 9.05. The molecule has 188 valence electrons. The van der Waals surface area contributed by atoms with Crippen molar-refractivity contribution in [3.05, 3.63) is 106 Å². The number of nitrogens with one attached hydrogen (secondary N) is 2. The largest absolute Gasteiger partial charge is 0.390 e. The molecule has 37 heavy (non-hydrogen) atoms. The summed E-state index contributed by atoms with van der Waals surface area (Å²) in [5.41, 5.74) is 6.02. The minimum atomic E-state index is -0.710. The molecule has 4 aromatic rings. The van der Waals surface area contributed by atoms with Crippen LogP contribution in [0.3, 0.4) is 0 Å². The molecule has 6 nitrogen and oxygen atoms in total. The smallest absolute Gasteiger partial charge is 0.253 e. The fraction of sp³-hybridized carbons (Fsp3) is 0.207. The van der Waals surface area contributed by atoms with Crippen LogP contribution in [0.25, 0.3) is 11.3 Å². The molecule has 1 aliphatic rings. The molecule has 0 bridgehead atoms. The Balaban J connectivity index is 1.23. The van der Waals surface area contributed by atoms with Crippen molar-refractivity contribution in [3.8, 4) is 11.3 Å². The number of amides is 1. The van der Waals surface area contributed by atoms with E-state index in [2.05, 4.69) is 20.6 Å². The number of pyridine rings is 1. The Kier molecular flexibility index (Phi) is 7.39. The molecule has 0 fully saturated rings. The van der Waals surface area contributed by atoms with Crippen LogP contribution in [-0.4, -0.2) is 34.5 Å². The number of amidine groups is 1. The van der Waals surface area contributed by atoms with Crippen LogP contribution in [0.1, 0.15) is 40.0 Å². The zero-order valence-corrected chi connectivity index (χ0v) is 21.1. The number of aliphatic imine (C=N–C) groups is 1. The first-order valence-electron chi connectivity index (χ1n) is 12.1. The van der Waals surface area contributed by atoms with Gasteiger partial charge in [0.05, 0.1) is 29.2 Å². The van der Waals surface area contributed by atoms with Crippen molar-refractivity contribution < 1.29 is 14.3 Å². The van der Waals surface area contributed by atoms with Crippen LogP contribution in [0.2, 0.25) is 0 Å². The van der Waals surface area contributed by atoms with Gasteiger partial charge in [-0.1, -0.05) is 18.2 Å². The van der Waals surface area contributed by atoms with E-state index in [4.69, 9.17) is 0 Å². The van der Waals surface area contributed by atoms with Crippen LogP contribution in [-0.2, 0) is 12.8 Å². The van der Waals surface area contributed by atoms with Gasteiger partial charge >= 0.3 is 0 Å². The minimum Gasteiger partial charge on any atom is -0.390 e. The van der Waals surface area contributed by atoms with E-state index < -0.39 is 12.1 Å². The summed E-state index contributed by atoms with van der Waals surface area (Å²) < 4.78 is 13.1. The van der Waals surface area contributed by atoms with Gasteiger partial charge in [0.25, 0.3) is 5.91 Å². The third-order valence-electron chi connectivity index (χ3n) is 6.41. The van der Waals surface area contributed by atoms with E-state index in [1.54, 1.807) is 35.7 Å². The maximum Gasteiger partial charge on any atom is 0.253 e. The van der Waals surface area contributed by atoms with Gasteiger partial charge in [-0.3, -0.25) is 14.8 Å². The van der Waals surface area contributed by atoms with Crippen LogP contribution >= 0.6 is 11.3 Å². The van der Waals surface area contributed by atoms with Gasteiger partial charge in [-0.05, 0) is 77.9 Å². The number of fused-ring (bicyclic) bond motifs is 1. The third kappa shape index (κ3) is 5.93. The molecule has 2 heterocycles. The average Bonchev–Trinajstić information content (AvgIpc) is 3.54. The second kappa shape index (κ2) is 11.0. The molecule has 1 aliphatic carbocycles. The number of hydrogen-bond acceptors (Lipinski definition) is 5. The van der Waals surface area contributed by atoms with E-state index in [-0.39, 0.29) is 11.7 Å². The normalized spacial score (nSPS) is 16.9. The molecule has 0 spiro atoms. The molecule has 8 heteroatoms. The quantitative estimate of drug-likeness (QED) is 0.227. The minimum absolute atomic E-state index is 0.245. The molecular weight excluding hydrogens is 487 g/mol. The summed E-state index contributed by atoms with van der Waals surface area (Å²) in [4.78, 5) is 21.9. The fourth-order valence-electron chi connectivity index (χ4n) is 4.46. The Morgan fingerprint density at radius 2 is 2.00 bits per heavy atom. The van der Waals surface area contributed by atoms with Gasteiger partial charge in [-0.15, -0.1) is 0 Å². The number of benzene rings is 2. The summed E-state index contributed by atoms with van der Waals surface area (Å²) in [5, 5.41) is 21.0. The van der Waals surface area contributed by atoms with Crippen molar-refractivity contribution in [2.75, 3.05) is 11.9 Å². The summed E-state index contributed by atoms with van der Waals surface area (Å²) in [5.74, 6) is 0.223. The Labute approximate surface area is 218 Å². The molecule has 3 N–H and O–H groups in total. The van der Waals surface area contributed by atoms with E-state index in [9.17, 15) is 14.3 Å². The summed E-state index contributed by atoms with van der Waals surface area (Å²) in [6, 6.07) is 17.4. The number of nitrogens with zero attached hydrogens (tertiary/aromatic N) is 2. The van der Waals surface area contributed by atoms with Gasteiger partial charge in [0.15, 0.2) is 0 Å². The predicted molar refractivity (Wildman–Crippen MR) is 146 cm³/mol. The van der Waals surface area contributed by atoms with E-state index in [1.165, 1.54) is 12.1 Å². The molecule has 0 saturated carbocycles. The molecular formula is C29H27FN4O2S. The lowest BCUT2D eigenvalue weighted by Crippen LogP contribution is -2.34. The number of rotatable bonds is 7. The van der Waals surface area contributed by atoms with Crippen LogP contribution in [0.4, 0.5) is 10.1 Å². The van der Waals surface area contributed by atoms with Crippen LogP contribution in [0.5, 0.6) is 0 Å². The topological polar surface area (TPSA) is 86.6 Å². The van der Waals surface area contributed by atoms with Crippen molar-refractivity contribution in [2.45, 2.75) is 31.9 Å². The Morgan fingerprint density at radius 3 is 2.73 bits per heavy atom. The first-order chi connectivity index (χ1) is 18.0. The highest BCUT2D eigenvalue weighted by Gasteiger charge is 2.32. The van der Waals surface area contributed by atoms with Crippen LogP contribution < -0.4 is 10.6 Å². The molecule has 1 amide bonds. The van der Waals surface area contributed by atoms with Gasteiger partial charge in [0.1, 0.15) is 5.82 Å². The zero-order chi connectivity index (χ0) is 25.8. The summed E-state index contributed by atoms with van der Waals surface area (Å²) in [7, 11) is 0. The lowest BCUT2D eigenvalue weighted by Gasteiger charge is -2.19. The second-order valence-corrected chi connectivity index (χ2v) is 9.83. The number of hydrogen-bond donors (Lipinski definition) is 3. The maximum atomic E-state index is 13.1. The summed E-state index contributed by atoms with van der Waals surface area (Å²) in [6.07, 6.45) is 2.04. The van der Waals surface area contributed by atoms with Crippen LogP contribution in [0, 0.1) is 5.82 Å². The highest BCUT2D eigenvalue weighted by Crippen LogP contribution is 2.34. The van der Waals surface area contributed by atoms with Gasteiger partial charge in [-0.2, -0.15) is 11.3 Å². The molecule has 0 saturated heterocycles. The first-order valence-corrected chi connectivity index (χ1v) is 13.0. The van der Waals surface area contributed by atoms with Gasteiger partial charge in [0, 0.05) is 35.8 Å². The number of thiophene rings is 1. The highest BCUT2D eigenvalue weighted by molar-refractivity contribution is 7.08. The Hall–Kier alpha value is -3.88. The summed E-state index contributed by atoms with van der Waals surface area (Å²) >= 11 is 1.60. The van der Waals surface area contributed by atoms with Crippen molar-refractivity contribution >= 4 is 28.8 Å². The molecule has 0 radical (unpaired) electrons. The highest BCUT2D eigenvalue weighted by atomic mass is 32.1. The van der Waals surface area contributed by atoms with Crippen molar-refractivity contribution in [1.29, 1.82) is 0 Å². The number of carbonyl (C=O) groups excluding carboxylic acids is 1. The van der Waals surface area contributed by atoms with E-state index in [0.29, 0.717) is 24.9 Å². The van der Waals surface area contributed by atoms with Crippen molar-refractivity contribution in [3.63, 3.8) is 0 Å². The molecule has 0 unspecified atom stereocenters. The lowest BCUT2D eigenvalue weighted by atomic mass is 10.1. The number of anilines is 1. The maximum absolute atomic E-state index is 13.1. The Morgan fingerprint density at radius 1 is 1.16 bits per heavy atom. The lowest BCUT2D eigenvalue weighted by molar-refractivity contribution is 0.0858. The number of halogens is 1. The molecule has 2 aromatic carbocycles. The van der Waals surface area contributed by atoms with Gasteiger partial charge < -0.3 is 15.7 Å². The average molecular weight is 515 g/mol. The SMILES string of the molecule is CC(=NCCc1ccc(F)cc1)Nc1ccc2c(c1)[C@@H](NC(=O)c1ccc(-c3ccsc3)nc1)[C@H](O)C2. The Bertz CT molecular complexity index is 1400. The number of aliphatic hydroxyl groups is 1. The first kappa shape index (κ1) is 24.8. The zero-order valence-electron chi connectivity index (χ0n) is 20.3. The molecule has 2 atom stereocenters. The van der Waals surface area contributed by atoms with Crippen LogP contribution in [0.15, 0.2) is 82.6 Å². The van der Waals surface area contributed by atoms with E-state index in [1.807, 2.05) is 48.0 Å². The van der Waals surface area contributed by atoms with Gasteiger partial charge in [-0.25, -0.2) is 4.39 Å². The third-order valence-corrected chi connectivity index (χ3v) is 7.10. The van der Waals surface area contributed by atoms with Gasteiger partial charge in [0.2, 0.25) is 0 Å². The van der Waals surface area contributed by atoms with Crippen molar-refractivity contribution in [2.24, 2.45) is 4.99 Å². The monoisotopic (exact) mass is 514 g/mol. The van der Waals surface area contributed by atoms with Crippen molar-refractivity contribution in [1.82, 2.24) is 10.3 Å². The van der Waals surface area contributed by atoms with E-state index >= 15 is 0 Å².